The zero-order valence-corrected chi connectivity index (χ0v) is 13.5. The maximum atomic E-state index is 11.8. The Bertz CT molecular complexity index is 781. The molecule has 1 aromatic carbocycles. The number of carbonyl (C=O) groups is 1. The summed E-state index contributed by atoms with van der Waals surface area (Å²) >= 11 is 0. The number of aromatic nitrogens is 1. The van der Waals surface area contributed by atoms with Crippen molar-refractivity contribution in [3.8, 4) is 0 Å². The first-order valence-corrected chi connectivity index (χ1v) is 8.90. The summed E-state index contributed by atoms with van der Waals surface area (Å²) in [7, 11) is 3.34. The van der Waals surface area contributed by atoms with Gasteiger partial charge in [0.25, 0.3) is 9.05 Å². The number of rotatable bonds is 5. The van der Waals surface area contributed by atoms with Crippen molar-refractivity contribution >= 4 is 36.5 Å². The van der Waals surface area contributed by atoms with E-state index >= 15 is 0 Å². The van der Waals surface area contributed by atoms with Crippen LogP contribution < -0.4 is 5.32 Å². The molecule has 0 radical (unpaired) electrons. The summed E-state index contributed by atoms with van der Waals surface area (Å²) in [6, 6.07) is 7.23. The predicted octanol–water partition coefficient (Wildman–Crippen LogP) is 2.40. The van der Waals surface area contributed by atoms with Crippen molar-refractivity contribution in [1.82, 2.24) is 9.88 Å². The molecule has 0 fully saturated rings. The average Bonchev–Trinajstić information content (AvgIpc) is 2.71. The molecule has 0 aliphatic carbocycles. The molecule has 21 heavy (non-hydrogen) atoms. The van der Waals surface area contributed by atoms with Crippen LogP contribution in [-0.4, -0.2) is 25.9 Å². The molecule has 0 aliphatic heterocycles. The van der Waals surface area contributed by atoms with Gasteiger partial charge >= 0.3 is 0 Å². The van der Waals surface area contributed by atoms with Gasteiger partial charge in [-0.05, 0) is 19.4 Å². The number of hydrogen-bond acceptors (Lipinski definition) is 3. The number of nitrogens with zero attached hydrogens (tertiary/aromatic N) is 1. The Labute approximate surface area is 128 Å². The molecule has 1 heterocycles. The number of para-hydroxylation sites is 1. The van der Waals surface area contributed by atoms with Crippen molar-refractivity contribution in [3.63, 3.8) is 0 Å². The fraction of sp³-hybridized carbons (Fsp3) is 0.357. The number of aryl methyl sites for hydroxylation is 1. The molecular weight excluding hydrogens is 312 g/mol. The molecule has 2 aromatic rings. The Morgan fingerprint density at radius 2 is 2.00 bits per heavy atom. The summed E-state index contributed by atoms with van der Waals surface area (Å²) in [6.07, 6.45) is 1.02. The van der Waals surface area contributed by atoms with Crippen LogP contribution >= 0.6 is 10.7 Å². The number of fused-ring (bicyclic) bond motifs is 1. The lowest BCUT2D eigenvalue weighted by Gasteiger charge is -2.08. The summed E-state index contributed by atoms with van der Waals surface area (Å²) in [5, 5.41) is 3.18. The number of hydrogen-bond donors (Lipinski definition) is 1. The third kappa shape index (κ3) is 3.22. The lowest BCUT2D eigenvalue weighted by Crippen LogP contribution is -2.17. The van der Waals surface area contributed by atoms with Gasteiger partial charge in [0.1, 0.15) is 4.90 Å². The second-order valence-corrected chi connectivity index (χ2v) is 7.30. The summed E-state index contributed by atoms with van der Waals surface area (Å²) in [6.45, 7) is 2.29. The standard InChI is InChI=1S/C14H17ClN2O3S/c1-10-14(21(15,19)20)11-6-3-4-7-12(11)17(10)9-5-8-13(18)16-2/h3-4,6-7H,5,8-9H2,1-2H3,(H,16,18). The monoisotopic (exact) mass is 328 g/mol. The fourth-order valence-corrected chi connectivity index (χ4v) is 4.00. The number of carbonyl (C=O) groups excluding carboxylic acids is 1. The van der Waals surface area contributed by atoms with Gasteiger partial charge in [-0.1, -0.05) is 18.2 Å². The molecular formula is C14H17ClN2O3S. The summed E-state index contributed by atoms with van der Waals surface area (Å²) in [5.41, 5.74) is 1.41. The third-order valence-corrected chi connectivity index (χ3v) is 4.95. The smallest absolute Gasteiger partial charge is 0.263 e. The largest absolute Gasteiger partial charge is 0.359 e. The highest BCUT2D eigenvalue weighted by Crippen LogP contribution is 2.32. The summed E-state index contributed by atoms with van der Waals surface area (Å²) in [4.78, 5) is 11.4. The van der Waals surface area contributed by atoms with Crippen LogP contribution in [0.1, 0.15) is 18.5 Å². The molecule has 2 rings (SSSR count). The SMILES string of the molecule is CNC(=O)CCCn1c(C)c(S(=O)(=O)Cl)c2ccccc21. The Morgan fingerprint density at radius 1 is 1.33 bits per heavy atom. The summed E-state index contributed by atoms with van der Waals surface area (Å²) in [5.74, 6) is -0.0331. The van der Waals surface area contributed by atoms with Crippen molar-refractivity contribution in [2.45, 2.75) is 31.2 Å². The van der Waals surface area contributed by atoms with E-state index in [-0.39, 0.29) is 10.8 Å². The Kier molecular flexibility index (Phi) is 4.58. The van der Waals surface area contributed by atoms with Crippen molar-refractivity contribution < 1.29 is 13.2 Å². The van der Waals surface area contributed by atoms with Gasteiger partial charge in [0.05, 0.1) is 0 Å². The van der Waals surface area contributed by atoms with Gasteiger partial charge in [-0.3, -0.25) is 4.79 Å². The number of benzene rings is 1. The van der Waals surface area contributed by atoms with Crippen LogP contribution in [0.2, 0.25) is 0 Å². The quantitative estimate of drug-likeness (QED) is 0.857. The maximum Gasteiger partial charge on any atom is 0.263 e. The molecule has 7 heteroatoms. The second kappa shape index (κ2) is 6.07. The van der Waals surface area contributed by atoms with Gasteiger partial charge < -0.3 is 9.88 Å². The first kappa shape index (κ1) is 15.9. The van der Waals surface area contributed by atoms with Gasteiger partial charge in [0, 0.05) is 47.3 Å². The maximum absolute atomic E-state index is 11.8. The molecule has 1 amide bonds. The minimum absolute atomic E-state index is 0.0331. The average molecular weight is 329 g/mol. The number of nitrogens with one attached hydrogen (secondary N) is 1. The van der Waals surface area contributed by atoms with Crippen LogP contribution in [0.25, 0.3) is 10.9 Å². The van der Waals surface area contributed by atoms with Crippen LogP contribution in [-0.2, 0) is 20.4 Å². The van der Waals surface area contributed by atoms with Gasteiger partial charge in [0.15, 0.2) is 0 Å². The zero-order valence-electron chi connectivity index (χ0n) is 11.9. The number of amides is 1. The third-order valence-electron chi connectivity index (χ3n) is 3.48. The highest BCUT2D eigenvalue weighted by Gasteiger charge is 2.22. The normalized spacial score (nSPS) is 11.8. The van der Waals surface area contributed by atoms with Crippen molar-refractivity contribution in [1.29, 1.82) is 0 Å². The van der Waals surface area contributed by atoms with E-state index in [0.717, 1.165) is 5.52 Å². The highest BCUT2D eigenvalue weighted by atomic mass is 35.7. The minimum atomic E-state index is -3.81. The van der Waals surface area contributed by atoms with Crippen molar-refractivity contribution in [2.24, 2.45) is 0 Å². The summed E-state index contributed by atoms with van der Waals surface area (Å²) < 4.78 is 25.5. The first-order chi connectivity index (χ1) is 9.86. The molecule has 1 N–H and O–H groups in total. The number of halogens is 1. The first-order valence-electron chi connectivity index (χ1n) is 6.59. The minimum Gasteiger partial charge on any atom is -0.359 e. The molecule has 0 saturated carbocycles. The van der Waals surface area contributed by atoms with E-state index in [1.165, 1.54) is 0 Å². The lowest BCUT2D eigenvalue weighted by atomic mass is 10.2. The molecule has 0 saturated heterocycles. The van der Waals surface area contributed by atoms with Crippen LogP contribution in [0, 0.1) is 6.92 Å². The van der Waals surface area contributed by atoms with Gasteiger partial charge in [-0.2, -0.15) is 0 Å². The van der Waals surface area contributed by atoms with Crippen LogP contribution in [0.5, 0.6) is 0 Å². The van der Waals surface area contributed by atoms with E-state index < -0.39 is 9.05 Å². The molecule has 0 atom stereocenters. The molecule has 0 spiro atoms. The highest BCUT2D eigenvalue weighted by molar-refractivity contribution is 8.14. The van der Waals surface area contributed by atoms with E-state index in [1.807, 2.05) is 16.7 Å². The van der Waals surface area contributed by atoms with Crippen molar-refractivity contribution in [2.75, 3.05) is 7.05 Å². The van der Waals surface area contributed by atoms with Crippen molar-refractivity contribution in [3.05, 3.63) is 30.0 Å². The molecule has 0 bridgehead atoms. The molecule has 1 aromatic heterocycles. The second-order valence-electron chi connectivity index (χ2n) is 4.80. The van der Waals surface area contributed by atoms with Gasteiger partial charge in [0.2, 0.25) is 5.91 Å². The van der Waals surface area contributed by atoms with E-state index in [0.29, 0.717) is 30.5 Å². The lowest BCUT2D eigenvalue weighted by molar-refractivity contribution is -0.120. The van der Waals surface area contributed by atoms with Gasteiger partial charge in [-0.15, -0.1) is 0 Å². The van der Waals surface area contributed by atoms with Crippen LogP contribution in [0.3, 0.4) is 0 Å². The topological polar surface area (TPSA) is 68.2 Å². The zero-order chi connectivity index (χ0) is 15.6. The molecule has 0 aliphatic rings. The molecule has 0 unspecified atom stereocenters. The van der Waals surface area contributed by atoms with Gasteiger partial charge in [-0.25, -0.2) is 8.42 Å². The predicted molar refractivity (Wildman–Crippen MR) is 83.0 cm³/mol. The fourth-order valence-electron chi connectivity index (χ4n) is 2.52. The van der Waals surface area contributed by atoms with E-state index in [4.69, 9.17) is 10.7 Å². The Hall–Kier alpha value is -1.53. The van der Waals surface area contributed by atoms with Crippen LogP contribution in [0.4, 0.5) is 0 Å². The Morgan fingerprint density at radius 3 is 2.62 bits per heavy atom. The molecule has 5 nitrogen and oxygen atoms in total. The van der Waals surface area contributed by atoms with E-state index in [9.17, 15) is 13.2 Å². The van der Waals surface area contributed by atoms with E-state index in [2.05, 4.69) is 5.32 Å². The van der Waals surface area contributed by atoms with Crippen LogP contribution in [0.15, 0.2) is 29.2 Å². The Balaban J connectivity index is 2.45. The molecule has 114 valence electrons. The van der Waals surface area contributed by atoms with E-state index in [1.54, 1.807) is 26.1 Å².